The molecule has 2 heterocycles. The molecule has 0 saturated carbocycles. The molecule has 6 nitrogen and oxygen atoms in total. The number of ether oxygens (including phenoxy) is 2. The molecule has 0 amide bonds. The van der Waals surface area contributed by atoms with Gasteiger partial charge in [-0.15, -0.1) is 0 Å². The van der Waals surface area contributed by atoms with Gasteiger partial charge in [0, 0.05) is 61.2 Å². The maximum absolute atomic E-state index is 15.6. The molecule has 3 aromatic carbocycles. The lowest BCUT2D eigenvalue weighted by atomic mass is 9.96. The predicted molar refractivity (Wildman–Crippen MR) is 159 cm³/mol. The van der Waals surface area contributed by atoms with Crippen molar-refractivity contribution >= 4 is 11.6 Å². The number of rotatable bonds is 8. The van der Waals surface area contributed by atoms with Crippen LogP contribution in [0.25, 0.3) is 11.1 Å². The fourth-order valence-corrected chi connectivity index (χ4v) is 6.06. The lowest BCUT2D eigenvalue weighted by Gasteiger charge is -2.30. The van der Waals surface area contributed by atoms with E-state index in [-0.39, 0.29) is 30.7 Å². The molecule has 0 unspecified atom stereocenters. The Bertz CT molecular complexity index is 1670. The molecule has 0 spiro atoms. The number of fused-ring (bicyclic) bond motifs is 1. The lowest BCUT2D eigenvalue weighted by molar-refractivity contribution is 0.0786. The summed E-state index contributed by atoms with van der Waals surface area (Å²) in [6, 6.07) is 19.1. The van der Waals surface area contributed by atoms with Crippen LogP contribution in [0.4, 0.5) is 8.78 Å². The highest BCUT2D eigenvalue weighted by Gasteiger charge is 2.37. The molecule has 1 N–H and O–H groups in total. The number of halogens is 3. The first-order valence-corrected chi connectivity index (χ1v) is 14.6. The number of pyridine rings is 1. The molecule has 9 heteroatoms. The van der Waals surface area contributed by atoms with Crippen molar-refractivity contribution in [2.24, 2.45) is 0 Å². The molecular formula is C34H30ClF2N3O3. The molecule has 6 rings (SSSR count). The van der Waals surface area contributed by atoms with Crippen molar-refractivity contribution in [3.8, 4) is 28.7 Å². The van der Waals surface area contributed by atoms with Crippen LogP contribution in [-0.2, 0) is 19.6 Å². The quantitative estimate of drug-likeness (QED) is 0.235. The zero-order valence-electron chi connectivity index (χ0n) is 23.3. The Morgan fingerprint density at radius 1 is 1.02 bits per heavy atom. The number of piperidine rings is 1. The number of nitriles is 1. The summed E-state index contributed by atoms with van der Waals surface area (Å²) in [5, 5.41) is 19.5. The van der Waals surface area contributed by atoms with Crippen LogP contribution in [0.1, 0.15) is 46.8 Å². The first-order valence-electron chi connectivity index (χ1n) is 14.3. The van der Waals surface area contributed by atoms with Crippen LogP contribution in [0, 0.1) is 17.1 Å². The maximum atomic E-state index is 15.6. The number of aliphatic hydroxyl groups is 1. The summed E-state index contributed by atoms with van der Waals surface area (Å²) in [7, 11) is 0. The van der Waals surface area contributed by atoms with Gasteiger partial charge in [-0.05, 0) is 47.7 Å². The Labute approximate surface area is 254 Å². The van der Waals surface area contributed by atoms with Crippen LogP contribution >= 0.6 is 11.6 Å². The number of alkyl halides is 1. The summed E-state index contributed by atoms with van der Waals surface area (Å²) in [5.41, 5.74) is 4.41. The standard InChI is InChI=1S/C34H30ClF2N3O3/c35-29-13-23(19-40-10-8-24(41)9-11-40)32(42-20-22-12-21(16-38)17-39-18-22)15-33(29)43-34-27-6-3-5-25(28(27)14-31(34)37)26-4-1-2-7-30(26)36/h1-7,12-13,15,17-18,24,31,34,41H,8-11,14,19-20H2/t31-,34-/m1/s1. The summed E-state index contributed by atoms with van der Waals surface area (Å²) in [6.45, 7) is 2.16. The van der Waals surface area contributed by atoms with Gasteiger partial charge >= 0.3 is 0 Å². The maximum Gasteiger partial charge on any atom is 0.155 e. The Kier molecular flexibility index (Phi) is 8.57. The highest BCUT2D eigenvalue weighted by atomic mass is 35.5. The molecule has 1 saturated heterocycles. The zero-order chi connectivity index (χ0) is 29.9. The normalized spacial score (nSPS) is 18.7. The van der Waals surface area contributed by atoms with Gasteiger partial charge in [0.15, 0.2) is 6.10 Å². The second-order valence-electron chi connectivity index (χ2n) is 11.0. The van der Waals surface area contributed by atoms with Crippen LogP contribution < -0.4 is 9.47 Å². The number of aliphatic hydroxyl groups excluding tert-OH is 1. The van der Waals surface area contributed by atoms with E-state index in [0.717, 1.165) is 24.2 Å². The predicted octanol–water partition coefficient (Wildman–Crippen LogP) is 6.96. The van der Waals surface area contributed by atoms with E-state index in [2.05, 4.69) is 16.0 Å². The van der Waals surface area contributed by atoms with E-state index in [9.17, 15) is 14.8 Å². The summed E-state index contributed by atoms with van der Waals surface area (Å²) in [4.78, 5) is 6.33. The second kappa shape index (κ2) is 12.7. The monoisotopic (exact) mass is 601 g/mol. The lowest BCUT2D eigenvalue weighted by Crippen LogP contribution is -2.35. The minimum absolute atomic E-state index is 0.0899. The molecule has 1 fully saturated rings. The van der Waals surface area contributed by atoms with Crippen molar-refractivity contribution in [3.05, 3.63) is 112 Å². The number of hydrogen-bond donors (Lipinski definition) is 1. The van der Waals surface area contributed by atoms with Gasteiger partial charge in [0.2, 0.25) is 0 Å². The van der Waals surface area contributed by atoms with Crippen molar-refractivity contribution in [1.82, 2.24) is 9.88 Å². The Balaban J connectivity index is 1.30. The summed E-state index contributed by atoms with van der Waals surface area (Å²) >= 11 is 6.74. The van der Waals surface area contributed by atoms with E-state index < -0.39 is 12.3 Å². The SMILES string of the molecule is N#Cc1cncc(COc2cc(O[C@@H]3c4cccc(-c5ccccc5F)c4C[C@H]3F)c(Cl)cc2CN2CCC(O)CC2)c1. The van der Waals surface area contributed by atoms with Crippen LogP contribution in [0.15, 0.2) is 73.1 Å². The largest absolute Gasteiger partial charge is 0.488 e. The fourth-order valence-electron chi connectivity index (χ4n) is 5.83. The number of hydrogen-bond acceptors (Lipinski definition) is 6. The van der Waals surface area contributed by atoms with Gasteiger partial charge in [-0.25, -0.2) is 8.78 Å². The molecular weight excluding hydrogens is 572 g/mol. The third kappa shape index (κ3) is 6.35. The minimum atomic E-state index is -1.36. The zero-order valence-corrected chi connectivity index (χ0v) is 24.1. The third-order valence-electron chi connectivity index (χ3n) is 8.05. The molecule has 220 valence electrons. The van der Waals surface area contributed by atoms with Crippen molar-refractivity contribution in [3.63, 3.8) is 0 Å². The van der Waals surface area contributed by atoms with Gasteiger partial charge in [-0.3, -0.25) is 9.88 Å². The van der Waals surface area contributed by atoms with Gasteiger partial charge in [-0.2, -0.15) is 5.26 Å². The summed E-state index contributed by atoms with van der Waals surface area (Å²) < 4.78 is 42.8. The molecule has 4 aromatic rings. The number of likely N-dealkylation sites (tertiary alicyclic amines) is 1. The van der Waals surface area contributed by atoms with Gasteiger partial charge in [0.1, 0.15) is 36.2 Å². The first kappa shape index (κ1) is 29.1. The van der Waals surface area contributed by atoms with E-state index in [0.29, 0.717) is 58.0 Å². The Hall–Kier alpha value is -4.03. The summed E-state index contributed by atoms with van der Waals surface area (Å²) in [6.07, 6.45) is 1.99. The molecule has 1 aromatic heterocycles. The van der Waals surface area contributed by atoms with Gasteiger partial charge in [0.05, 0.1) is 16.7 Å². The molecule has 0 bridgehead atoms. The Morgan fingerprint density at radius 2 is 1.81 bits per heavy atom. The number of aromatic nitrogens is 1. The molecule has 0 radical (unpaired) electrons. The van der Waals surface area contributed by atoms with Crippen LogP contribution in [-0.4, -0.2) is 40.4 Å². The molecule has 2 aliphatic rings. The molecule has 2 atom stereocenters. The summed E-state index contributed by atoms with van der Waals surface area (Å²) in [5.74, 6) is 0.423. The smallest absolute Gasteiger partial charge is 0.155 e. The van der Waals surface area contributed by atoms with Crippen LogP contribution in [0.2, 0.25) is 5.02 Å². The van der Waals surface area contributed by atoms with Crippen molar-refractivity contribution in [2.45, 2.75) is 50.8 Å². The Morgan fingerprint density at radius 3 is 2.60 bits per heavy atom. The molecule has 43 heavy (non-hydrogen) atoms. The van der Waals surface area contributed by atoms with E-state index in [4.69, 9.17) is 21.1 Å². The van der Waals surface area contributed by atoms with Crippen LogP contribution in [0.5, 0.6) is 11.5 Å². The topological polar surface area (TPSA) is 78.6 Å². The van der Waals surface area contributed by atoms with E-state index >= 15 is 4.39 Å². The van der Waals surface area contributed by atoms with E-state index in [1.165, 1.54) is 12.3 Å². The highest BCUT2D eigenvalue weighted by Crippen LogP contribution is 2.44. The molecule has 1 aliphatic carbocycles. The second-order valence-corrected chi connectivity index (χ2v) is 11.4. The van der Waals surface area contributed by atoms with Crippen molar-refractivity contribution in [1.29, 1.82) is 5.26 Å². The van der Waals surface area contributed by atoms with Crippen molar-refractivity contribution in [2.75, 3.05) is 13.1 Å². The average Bonchev–Trinajstić information content (AvgIpc) is 3.34. The third-order valence-corrected chi connectivity index (χ3v) is 8.34. The van der Waals surface area contributed by atoms with Gasteiger partial charge in [-0.1, -0.05) is 48.0 Å². The van der Waals surface area contributed by atoms with Gasteiger partial charge in [0.25, 0.3) is 0 Å². The van der Waals surface area contributed by atoms with Crippen molar-refractivity contribution < 1.29 is 23.4 Å². The van der Waals surface area contributed by atoms with E-state index in [1.54, 1.807) is 54.7 Å². The van der Waals surface area contributed by atoms with Gasteiger partial charge < -0.3 is 14.6 Å². The average molecular weight is 602 g/mol. The minimum Gasteiger partial charge on any atom is -0.488 e. The first-order chi connectivity index (χ1) is 20.9. The van der Waals surface area contributed by atoms with E-state index in [1.807, 2.05) is 6.07 Å². The van der Waals surface area contributed by atoms with Crippen LogP contribution in [0.3, 0.4) is 0 Å². The number of benzene rings is 3. The highest BCUT2D eigenvalue weighted by molar-refractivity contribution is 6.32. The molecule has 1 aliphatic heterocycles. The fraction of sp³-hybridized carbons (Fsp3) is 0.294. The number of nitrogens with zero attached hydrogens (tertiary/aromatic N) is 3.